The van der Waals surface area contributed by atoms with Gasteiger partial charge < -0.3 is 24.7 Å². The Hall–Kier alpha value is -1.91. The van der Waals surface area contributed by atoms with Gasteiger partial charge in [0, 0.05) is 22.4 Å². The summed E-state index contributed by atoms with van der Waals surface area (Å²) in [4.78, 5) is 47.0. The van der Waals surface area contributed by atoms with Crippen LogP contribution in [-0.2, 0) is 29.6 Å². The fourth-order valence-corrected chi connectivity index (χ4v) is 3.48. The van der Waals surface area contributed by atoms with Gasteiger partial charge in [0.05, 0.1) is 7.11 Å². The highest BCUT2D eigenvalue weighted by Gasteiger charge is 2.27. The average molecular weight is 487 g/mol. The summed E-state index contributed by atoms with van der Waals surface area (Å²) in [5.41, 5.74) is 1.02. The molecule has 1 amide bonds. The first kappa shape index (κ1) is 25.1. The number of ketones is 2. The highest BCUT2D eigenvalue weighted by molar-refractivity contribution is 9.10. The number of alkyl carbamates (subject to hydrolysis) is 1. The molecule has 0 saturated carbocycles. The summed E-state index contributed by atoms with van der Waals surface area (Å²) in [5.74, 6) is -0.804. The number of aliphatic hydroxyl groups excluding tert-OH is 1. The van der Waals surface area contributed by atoms with Crippen LogP contribution in [0.25, 0.3) is 0 Å². The zero-order chi connectivity index (χ0) is 21.8. The number of methoxy groups -OCH3 is 1. The summed E-state index contributed by atoms with van der Waals surface area (Å²) >= 11 is 4.71. The molecule has 0 bridgehead atoms. The number of ether oxygens (including phenoxy) is 2. The molecule has 0 aliphatic heterocycles. The van der Waals surface area contributed by atoms with Crippen LogP contribution in [-0.4, -0.2) is 60.4 Å². The van der Waals surface area contributed by atoms with Crippen molar-refractivity contribution in [3.05, 3.63) is 34.3 Å². The second-order valence-electron chi connectivity index (χ2n) is 6.12. The van der Waals surface area contributed by atoms with Crippen molar-refractivity contribution in [3.63, 3.8) is 0 Å². The standard InChI is InChI=1S/C19H24BrNO7S/c1-12(23)3-8-15(18(25)27-2)21-19(26)28-17(16(24)9-22)11-29-10-13-4-6-14(20)7-5-13/h4-7,15,17,22H,3,8-11H2,1-2H3,(H,21,26)/t15-,17-/m0/s1/i20-3. The Morgan fingerprint density at radius 2 is 1.86 bits per heavy atom. The molecule has 0 radical (unpaired) electrons. The van der Waals surface area contributed by atoms with Gasteiger partial charge in [0.15, 0.2) is 11.9 Å². The van der Waals surface area contributed by atoms with Gasteiger partial charge in [0.25, 0.3) is 0 Å². The Kier molecular flexibility index (Phi) is 11.6. The molecule has 0 saturated heterocycles. The summed E-state index contributed by atoms with van der Waals surface area (Å²) in [6.07, 6.45) is -2.05. The van der Waals surface area contributed by atoms with E-state index in [-0.39, 0.29) is 24.4 Å². The van der Waals surface area contributed by atoms with E-state index in [0.717, 1.165) is 17.1 Å². The van der Waals surface area contributed by atoms with Crippen molar-refractivity contribution >= 4 is 51.3 Å². The van der Waals surface area contributed by atoms with E-state index in [9.17, 15) is 19.2 Å². The van der Waals surface area contributed by atoms with Crippen LogP contribution >= 0.6 is 27.7 Å². The van der Waals surface area contributed by atoms with E-state index in [1.54, 1.807) is 0 Å². The lowest BCUT2D eigenvalue weighted by Crippen LogP contribution is -2.44. The van der Waals surface area contributed by atoms with E-state index in [0.29, 0.717) is 5.75 Å². The minimum absolute atomic E-state index is 0.0496. The van der Waals surface area contributed by atoms with Crippen LogP contribution in [0, 0.1) is 0 Å². The molecule has 2 atom stereocenters. The molecular formula is C19H24BrNO7S. The maximum Gasteiger partial charge on any atom is 0.408 e. The lowest BCUT2D eigenvalue weighted by molar-refractivity contribution is -0.143. The van der Waals surface area contributed by atoms with Crippen molar-refractivity contribution in [1.29, 1.82) is 0 Å². The number of Topliss-reactive ketones (excluding diaryl/α,β-unsaturated/α-hetero) is 2. The van der Waals surface area contributed by atoms with Crippen molar-refractivity contribution in [2.24, 2.45) is 0 Å². The average Bonchev–Trinajstić information content (AvgIpc) is 2.70. The smallest absolute Gasteiger partial charge is 0.408 e. The van der Waals surface area contributed by atoms with E-state index >= 15 is 0 Å². The normalized spacial score (nSPS) is 12.6. The molecule has 29 heavy (non-hydrogen) atoms. The van der Waals surface area contributed by atoms with Crippen molar-refractivity contribution in [2.45, 2.75) is 37.7 Å². The van der Waals surface area contributed by atoms with E-state index in [1.165, 1.54) is 18.7 Å². The van der Waals surface area contributed by atoms with Crippen LogP contribution in [0.1, 0.15) is 25.3 Å². The van der Waals surface area contributed by atoms with E-state index in [1.807, 2.05) is 24.3 Å². The number of carbonyl (C=O) groups excluding carboxylic acids is 4. The first-order valence-corrected chi connectivity index (χ1v) is 10.7. The Balaban J connectivity index is 2.63. The molecule has 1 aromatic carbocycles. The molecule has 0 fully saturated rings. The van der Waals surface area contributed by atoms with Gasteiger partial charge in [-0.1, -0.05) is 28.1 Å². The van der Waals surface area contributed by atoms with Crippen molar-refractivity contribution in [3.8, 4) is 0 Å². The van der Waals surface area contributed by atoms with Gasteiger partial charge in [0.2, 0.25) is 0 Å². The van der Waals surface area contributed by atoms with Gasteiger partial charge in [-0.15, -0.1) is 0 Å². The molecule has 0 spiro atoms. The van der Waals surface area contributed by atoms with E-state index in [4.69, 9.17) is 9.84 Å². The highest BCUT2D eigenvalue weighted by Crippen LogP contribution is 2.17. The van der Waals surface area contributed by atoms with Gasteiger partial charge >= 0.3 is 12.1 Å². The largest absolute Gasteiger partial charge is 0.467 e. The Morgan fingerprint density at radius 1 is 1.21 bits per heavy atom. The summed E-state index contributed by atoms with van der Waals surface area (Å²) in [7, 11) is 1.16. The Bertz CT molecular complexity index is 711. The topological polar surface area (TPSA) is 119 Å². The van der Waals surface area contributed by atoms with Crippen LogP contribution in [0.5, 0.6) is 0 Å². The zero-order valence-corrected chi connectivity index (χ0v) is 18.6. The molecule has 160 valence electrons. The second-order valence-corrected chi connectivity index (χ2v) is 8.07. The number of esters is 1. The number of rotatable bonds is 12. The van der Waals surface area contributed by atoms with E-state index in [2.05, 4.69) is 26.0 Å². The third-order valence-corrected chi connectivity index (χ3v) is 5.38. The summed E-state index contributed by atoms with van der Waals surface area (Å²) in [5, 5.41) is 11.4. The number of nitrogens with one attached hydrogen (secondary N) is 1. The van der Waals surface area contributed by atoms with Gasteiger partial charge in [-0.25, -0.2) is 9.59 Å². The van der Waals surface area contributed by atoms with Gasteiger partial charge in [-0.3, -0.25) is 4.79 Å². The summed E-state index contributed by atoms with van der Waals surface area (Å²) in [6.45, 7) is 0.590. The number of halogens is 1. The van der Waals surface area contributed by atoms with Crippen molar-refractivity contribution in [1.82, 2.24) is 5.32 Å². The number of amides is 1. The fraction of sp³-hybridized carbons (Fsp3) is 0.474. The SMILES string of the molecule is COC(=O)[C@H](CCC(C)=O)NC(=O)O[C@@H](CSCc1ccc([77Br])cc1)C(=O)CO. The Labute approximate surface area is 181 Å². The monoisotopic (exact) mass is 487 g/mol. The predicted molar refractivity (Wildman–Crippen MR) is 112 cm³/mol. The van der Waals surface area contributed by atoms with E-state index < -0.39 is 36.6 Å². The molecule has 1 rings (SSSR count). The molecule has 1 aromatic rings. The number of thioether (sulfide) groups is 1. The molecule has 2 N–H and O–H groups in total. The number of carbonyl (C=O) groups is 4. The van der Waals surface area contributed by atoms with Crippen LogP contribution in [0.15, 0.2) is 28.7 Å². The lowest BCUT2D eigenvalue weighted by atomic mass is 10.1. The van der Waals surface area contributed by atoms with Crippen LogP contribution in [0.3, 0.4) is 0 Å². The third kappa shape index (κ3) is 9.91. The highest BCUT2D eigenvalue weighted by atomic mass is 76.9. The molecule has 8 nitrogen and oxygen atoms in total. The number of aliphatic hydroxyl groups is 1. The molecule has 0 aliphatic carbocycles. The quantitative estimate of drug-likeness (QED) is 0.431. The number of hydrogen-bond acceptors (Lipinski definition) is 8. The molecule has 0 aromatic heterocycles. The lowest BCUT2D eigenvalue weighted by Gasteiger charge is -2.19. The van der Waals surface area contributed by atoms with Gasteiger partial charge in [0.1, 0.15) is 18.4 Å². The Morgan fingerprint density at radius 3 is 2.41 bits per heavy atom. The summed E-state index contributed by atoms with van der Waals surface area (Å²) in [6, 6.07) is 6.55. The maximum absolute atomic E-state index is 12.1. The van der Waals surface area contributed by atoms with Gasteiger partial charge in [-0.05, 0) is 31.0 Å². The summed E-state index contributed by atoms with van der Waals surface area (Å²) < 4.78 is 10.7. The van der Waals surface area contributed by atoms with Crippen molar-refractivity contribution in [2.75, 3.05) is 19.5 Å². The first-order chi connectivity index (χ1) is 13.8. The minimum Gasteiger partial charge on any atom is -0.467 e. The first-order valence-electron chi connectivity index (χ1n) is 8.77. The second kappa shape index (κ2) is 13.3. The van der Waals surface area contributed by atoms with Crippen LogP contribution in [0.4, 0.5) is 4.79 Å². The maximum atomic E-state index is 12.1. The number of hydrogen-bond donors (Lipinski definition) is 2. The minimum atomic E-state index is -1.17. The van der Waals surface area contributed by atoms with Crippen LogP contribution in [0.2, 0.25) is 0 Å². The zero-order valence-electron chi connectivity index (χ0n) is 16.2. The number of benzene rings is 1. The third-order valence-electron chi connectivity index (χ3n) is 3.78. The predicted octanol–water partition coefficient (Wildman–Crippen LogP) is 2.25. The molecule has 10 heteroatoms. The van der Waals surface area contributed by atoms with Crippen molar-refractivity contribution < 1.29 is 33.8 Å². The molecule has 0 aliphatic rings. The van der Waals surface area contributed by atoms with Gasteiger partial charge in [-0.2, -0.15) is 11.8 Å². The molecule has 0 heterocycles. The van der Waals surface area contributed by atoms with Crippen LogP contribution < -0.4 is 5.32 Å². The fourth-order valence-electron chi connectivity index (χ4n) is 2.20. The molecule has 0 unspecified atom stereocenters. The molecular weight excluding hydrogens is 463 g/mol.